The molecule has 40 heavy (non-hydrogen) atoms. The third-order valence-corrected chi connectivity index (χ3v) is 7.13. The Labute approximate surface area is 235 Å². The number of hydrogen-bond donors (Lipinski definition) is 0. The molecule has 2 aromatic carbocycles. The van der Waals surface area contributed by atoms with Crippen molar-refractivity contribution < 1.29 is 18.9 Å². The molecule has 0 N–H and O–H groups in total. The van der Waals surface area contributed by atoms with E-state index < -0.39 is 0 Å². The number of hydrogen-bond acceptors (Lipinski definition) is 10. The minimum absolute atomic E-state index is 0.132. The molecule has 0 atom stereocenters. The number of aryl methyl sites for hydroxylation is 1. The van der Waals surface area contributed by atoms with Gasteiger partial charge in [-0.2, -0.15) is 0 Å². The highest BCUT2D eigenvalue weighted by molar-refractivity contribution is 7.98. The lowest BCUT2D eigenvalue weighted by molar-refractivity contribution is 0.355. The van der Waals surface area contributed by atoms with E-state index in [1.807, 2.05) is 61.5 Å². The molecule has 0 amide bonds. The molecule has 5 aromatic rings. The summed E-state index contributed by atoms with van der Waals surface area (Å²) in [4.78, 5) is 22.2. The van der Waals surface area contributed by atoms with Gasteiger partial charge in [-0.3, -0.25) is 9.20 Å². The lowest BCUT2D eigenvalue weighted by atomic mass is 10.0. The number of rotatable bonds is 9. The summed E-state index contributed by atoms with van der Waals surface area (Å²) in [5.74, 6) is 2.70. The average molecular weight is 558 g/mol. The van der Waals surface area contributed by atoms with E-state index in [2.05, 4.69) is 15.2 Å². The number of fused-ring (bicyclic) bond motifs is 1. The summed E-state index contributed by atoms with van der Waals surface area (Å²) in [7, 11) is 6.33. The molecule has 3 heterocycles. The van der Waals surface area contributed by atoms with Gasteiger partial charge in [0.25, 0.3) is 5.56 Å². The van der Waals surface area contributed by atoms with Crippen LogP contribution < -0.4 is 24.5 Å². The van der Waals surface area contributed by atoms with Crippen LogP contribution in [0.15, 0.2) is 70.6 Å². The number of thioether (sulfide) groups is 1. The van der Waals surface area contributed by atoms with E-state index in [-0.39, 0.29) is 5.56 Å². The highest BCUT2D eigenvalue weighted by Gasteiger charge is 2.18. The van der Waals surface area contributed by atoms with Gasteiger partial charge in [0.1, 0.15) is 17.0 Å². The van der Waals surface area contributed by atoms with E-state index in [1.165, 1.54) is 17.8 Å². The van der Waals surface area contributed by atoms with Crippen molar-refractivity contribution in [2.24, 2.45) is 0 Å². The molecule has 5 rings (SSSR count). The average Bonchev–Trinajstić information content (AvgIpc) is 2.99. The van der Waals surface area contributed by atoms with Crippen molar-refractivity contribution in [3.05, 3.63) is 82.4 Å². The second-order valence-corrected chi connectivity index (χ2v) is 9.61. The Morgan fingerprint density at radius 2 is 1.35 bits per heavy atom. The third-order valence-electron chi connectivity index (χ3n) is 6.26. The Kier molecular flexibility index (Phi) is 7.83. The van der Waals surface area contributed by atoms with Crippen molar-refractivity contribution in [3.8, 4) is 45.5 Å². The van der Waals surface area contributed by atoms with Crippen LogP contribution >= 0.6 is 11.8 Å². The molecule has 0 fully saturated rings. The molecule has 204 valence electrons. The Morgan fingerprint density at radius 3 is 1.98 bits per heavy atom. The van der Waals surface area contributed by atoms with Crippen LogP contribution in [0.1, 0.15) is 11.4 Å². The largest absolute Gasteiger partial charge is 0.493 e. The van der Waals surface area contributed by atoms with Gasteiger partial charge < -0.3 is 18.9 Å². The number of benzene rings is 2. The van der Waals surface area contributed by atoms with Gasteiger partial charge in [-0.15, -0.1) is 10.2 Å². The maximum atomic E-state index is 12.7. The van der Waals surface area contributed by atoms with Gasteiger partial charge in [-0.05, 0) is 55.5 Å². The molecule has 11 heteroatoms. The van der Waals surface area contributed by atoms with Crippen molar-refractivity contribution in [3.63, 3.8) is 0 Å². The molecule has 3 aromatic heterocycles. The zero-order chi connectivity index (χ0) is 28.2. The summed E-state index contributed by atoms with van der Waals surface area (Å²) in [5, 5.41) is 9.38. The van der Waals surface area contributed by atoms with Gasteiger partial charge >= 0.3 is 0 Å². The van der Waals surface area contributed by atoms with Gasteiger partial charge in [-0.25, -0.2) is 9.97 Å². The molecule has 10 nitrogen and oxygen atoms in total. The summed E-state index contributed by atoms with van der Waals surface area (Å²) in [5.41, 5.74) is 4.57. The molecular weight excluding hydrogens is 530 g/mol. The lowest BCUT2D eigenvalue weighted by Crippen LogP contribution is -2.17. The Hall–Kier alpha value is -4.64. The lowest BCUT2D eigenvalue weighted by Gasteiger charge is -2.14. The maximum Gasteiger partial charge on any atom is 0.258 e. The first kappa shape index (κ1) is 26.9. The number of methoxy groups -OCH3 is 4. The van der Waals surface area contributed by atoms with E-state index in [9.17, 15) is 4.79 Å². The van der Waals surface area contributed by atoms with E-state index in [1.54, 1.807) is 32.8 Å². The van der Waals surface area contributed by atoms with Crippen LogP contribution in [0.5, 0.6) is 23.0 Å². The van der Waals surface area contributed by atoms with E-state index in [0.717, 1.165) is 16.8 Å². The van der Waals surface area contributed by atoms with Crippen LogP contribution in [0.2, 0.25) is 0 Å². The Balaban J connectivity index is 1.55. The van der Waals surface area contributed by atoms with Crippen LogP contribution in [-0.4, -0.2) is 53.0 Å². The molecule has 0 radical (unpaired) electrons. The zero-order valence-electron chi connectivity index (χ0n) is 22.7. The summed E-state index contributed by atoms with van der Waals surface area (Å²) < 4.78 is 23.4. The zero-order valence-corrected chi connectivity index (χ0v) is 23.5. The van der Waals surface area contributed by atoms with Crippen LogP contribution in [0.4, 0.5) is 0 Å². The second kappa shape index (κ2) is 11.6. The van der Waals surface area contributed by atoms with Crippen molar-refractivity contribution in [1.29, 1.82) is 0 Å². The first-order chi connectivity index (χ1) is 19.4. The third kappa shape index (κ3) is 5.28. The van der Waals surface area contributed by atoms with Crippen LogP contribution in [0.25, 0.3) is 28.2 Å². The normalized spacial score (nSPS) is 10.9. The minimum atomic E-state index is -0.132. The number of ether oxygens (including phenoxy) is 4. The van der Waals surface area contributed by atoms with Crippen LogP contribution in [0.3, 0.4) is 0 Å². The van der Waals surface area contributed by atoms with Gasteiger partial charge in [0, 0.05) is 28.6 Å². The molecule has 0 unspecified atom stereocenters. The molecular formula is C29H27N5O5S. The highest BCUT2D eigenvalue weighted by Crippen LogP contribution is 2.38. The second-order valence-electron chi connectivity index (χ2n) is 8.67. The van der Waals surface area contributed by atoms with Gasteiger partial charge in [0.2, 0.25) is 5.16 Å². The van der Waals surface area contributed by atoms with Crippen LogP contribution in [-0.2, 0) is 5.75 Å². The standard InChI is InChI=1S/C29H27N5O5S/c1-17-7-6-8-25-30-20(15-26(35)34(17)25)16-40-29-31-27(18-9-11-21(36-2)23(13-18)38-4)28(32-33-29)19-10-12-22(37-3)24(14-19)39-5/h6-15H,16H2,1-5H3. The monoisotopic (exact) mass is 557 g/mol. The number of pyridine rings is 1. The molecule has 0 aliphatic heterocycles. The summed E-state index contributed by atoms with van der Waals surface area (Å²) in [6, 6.07) is 18.2. The maximum absolute atomic E-state index is 12.7. The molecule has 0 spiro atoms. The van der Waals surface area contributed by atoms with Gasteiger partial charge in [-0.1, -0.05) is 17.8 Å². The predicted octanol–water partition coefficient (Wildman–Crippen LogP) is 4.85. The molecule has 0 saturated carbocycles. The van der Waals surface area contributed by atoms with E-state index in [4.69, 9.17) is 23.9 Å². The first-order valence-corrected chi connectivity index (χ1v) is 13.2. The Bertz CT molecular complexity index is 1760. The first-order valence-electron chi connectivity index (χ1n) is 12.3. The van der Waals surface area contributed by atoms with Crippen molar-refractivity contribution >= 4 is 17.4 Å². The fourth-order valence-corrected chi connectivity index (χ4v) is 4.99. The van der Waals surface area contributed by atoms with Gasteiger partial charge in [0.15, 0.2) is 23.0 Å². The molecule has 0 bridgehead atoms. The predicted molar refractivity (Wildman–Crippen MR) is 153 cm³/mol. The topological polar surface area (TPSA) is 110 Å². The molecule has 0 aliphatic carbocycles. The minimum Gasteiger partial charge on any atom is -0.493 e. The highest BCUT2D eigenvalue weighted by atomic mass is 32.2. The molecule has 0 aliphatic rings. The smallest absolute Gasteiger partial charge is 0.258 e. The van der Waals surface area contributed by atoms with E-state index in [0.29, 0.717) is 56.6 Å². The van der Waals surface area contributed by atoms with Crippen molar-refractivity contribution in [2.45, 2.75) is 17.8 Å². The van der Waals surface area contributed by atoms with Crippen molar-refractivity contribution in [1.82, 2.24) is 24.6 Å². The fraction of sp³-hybridized carbons (Fsp3) is 0.207. The molecule has 0 saturated heterocycles. The number of aromatic nitrogens is 5. The summed E-state index contributed by atoms with van der Waals surface area (Å²) in [6.45, 7) is 1.87. The quantitative estimate of drug-likeness (QED) is 0.233. The summed E-state index contributed by atoms with van der Waals surface area (Å²) >= 11 is 1.34. The van der Waals surface area contributed by atoms with Gasteiger partial charge in [0.05, 0.1) is 34.1 Å². The van der Waals surface area contributed by atoms with Crippen molar-refractivity contribution in [2.75, 3.05) is 28.4 Å². The fourth-order valence-electron chi connectivity index (χ4n) is 4.31. The van der Waals surface area contributed by atoms with E-state index >= 15 is 0 Å². The SMILES string of the molecule is COc1ccc(-c2nnc(SCc3cc(=O)n4c(C)cccc4n3)nc2-c2ccc(OC)c(OC)c2)cc1OC. The number of nitrogens with zero attached hydrogens (tertiary/aromatic N) is 5. The van der Waals surface area contributed by atoms with Crippen LogP contribution in [0, 0.1) is 6.92 Å². The Morgan fingerprint density at radius 1 is 0.725 bits per heavy atom. The summed E-state index contributed by atoms with van der Waals surface area (Å²) in [6.07, 6.45) is 0.